The minimum atomic E-state index is -4.41. The first-order valence-corrected chi connectivity index (χ1v) is 11.4. The van der Waals surface area contributed by atoms with Crippen LogP contribution < -0.4 is 15.7 Å². The van der Waals surface area contributed by atoms with Crippen LogP contribution in [0.2, 0.25) is 0 Å². The van der Waals surface area contributed by atoms with Crippen LogP contribution in [-0.4, -0.2) is 34.2 Å². The third-order valence-electron chi connectivity index (χ3n) is 5.70. The average Bonchev–Trinajstić information content (AvgIpc) is 3.24. The van der Waals surface area contributed by atoms with Crippen molar-refractivity contribution >= 4 is 23.2 Å². The lowest BCUT2D eigenvalue weighted by atomic mass is 10.1. The van der Waals surface area contributed by atoms with Crippen LogP contribution in [0.15, 0.2) is 41.2 Å². The fraction of sp³-hybridized carbons (Fsp3) is 0.348. The van der Waals surface area contributed by atoms with Gasteiger partial charge in [-0.3, -0.25) is 9.59 Å². The van der Waals surface area contributed by atoms with Crippen molar-refractivity contribution in [2.45, 2.75) is 39.0 Å². The number of hydrogen-bond acceptors (Lipinski definition) is 6. The lowest BCUT2D eigenvalue weighted by molar-refractivity contribution is -0.137. The zero-order valence-electron chi connectivity index (χ0n) is 18.8. The van der Waals surface area contributed by atoms with E-state index >= 15 is 0 Å². The Kier molecular flexibility index (Phi) is 6.39. The summed E-state index contributed by atoms with van der Waals surface area (Å²) in [5, 5.41) is 3.06. The number of fused-ring (bicyclic) bond motifs is 1. The second-order valence-electron chi connectivity index (χ2n) is 8.02. The van der Waals surface area contributed by atoms with E-state index in [9.17, 15) is 22.8 Å². The fourth-order valence-electron chi connectivity index (χ4n) is 3.84. The second-order valence-corrected chi connectivity index (χ2v) is 9.30. The molecular weight excluding hydrogens is 469 g/mol. The van der Waals surface area contributed by atoms with E-state index in [1.165, 1.54) is 30.6 Å². The summed E-state index contributed by atoms with van der Waals surface area (Å²) in [5.74, 6) is 0.0116. The zero-order chi connectivity index (χ0) is 24.6. The molecule has 34 heavy (non-hydrogen) atoms. The standard InChI is InChI=1S/C23H23F3N4O3S/c1-13-4-9-19(34-13)21(32)29-11-10-18-17(12-29)20(31)30(33-3)22(28-18)27-14(2)15-5-7-16(8-6-15)23(24,25)26/h4-9,14H,10-12H2,1-3H3,(H,27,28)/t14-/m0/s1. The summed E-state index contributed by atoms with van der Waals surface area (Å²) in [7, 11) is 1.32. The summed E-state index contributed by atoms with van der Waals surface area (Å²) in [6.07, 6.45) is -4.02. The topological polar surface area (TPSA) is 76.5 Å². The molecule has 3 aromatic rings. The highest BCUT2D eigenvalue weighted by molar-refractivity contribution is 7.13. The highest BCUT2D eigenvalue weighted by atomic mass is 32.1. The lowest BCUT2D eigenvalue weighted by Gasteiger charge is -2.28. The first-order chi connectivity index (χ1) is 16.1. The van der Waals surface area contributed by atoms with Crippen molar-refractivity contribution in [3.8, 4) is 0 Å². The van der Waals surface area contributed by atoms with Crippen molar-refractivity contribution in [3.63, 3.8) is 0 Å². The van der Waals surface area contributed by atoms with Gasteiger partial charge in [-0.25, -0.2) is 4.98 Å². The molecule has 0 spiro atoms. The SMILES string of the molecule is COn1c(N[C@@H](C)c2ccc(C(F)(F)F)cc2)nc2c(c1=O)CN(C(=O)c1ccc(C)s1)CC2. The van der Waals surface area contributed by atoms with Crippen LogP contribution in [-0.2, 0) is 19.1 Å². The Labute approximate surface area is 197 Å². The van der Waals surface area contributed by atoms with Gasteiger partial charge >= 0.3 is 6.18 Å². The van der Waals surface area contributed by atoms with Crippen LogP contribution in [0.1, 0.15) is 49.9 Å². The van der Waals surface area contributed by atoms with Gasteiger partial charge in [0.25, 0.3) is 11.5 Å². The van der Waals surface area contributed by atoms with Gasteiger partial charge in [0.15, 0.2) is 0 Å². The number of amides is 1. The number of aromatic nitrogens is 2. The molecule has 1 atom stereocenters. The zero-order valence-corrected chi connectivity index (χ0v) is 19.6. The summed E-state index contributed by atoms with van der Waals surface area (Å²) in [5.41, 5.74) is 0.357. The van der Waals surface area contributed by atoms with E-state index in [0.29, 0.717) is 34.7 Å². The molecule has 0 unspecified atom stereocenters. The van der Waals surface area contributed by atoms with E-state index < -0.39 is 23.3 Å². The highest BCUT2D eigenvalue weighted by Gasteiger charge is 2.31. The number of anilines is 1. The Morgan fingerprint density at radius 1 is 1.21 bits per heavy atom. The van der Waals surface area contributed by atoms with Gasteiger partial charge in [0, 0.05) is 17.8 Å². The predicted molar refractivity (Wildman–Crippen MR) is 122 cm³/mol. The van der Waals surface area contributed by atoms with E-state index in [1.807, 2.05) is 13.0 Å². The first-order valence-electron chi connectivity index (χ1n) is 10.6. The van der Waals surface area contributed by atoms with Crippen LogP contribution in [0, 0.1) is 6.92 Å². The number of hydrogen-bond donors (Lipinski definition) is 1. The summed E-state index contributed by atoms with van der Waals surface area (Å²) in [6.45, 7) is 4.21. The molecule has 180 valence electrons. The third kappa shape index (κ3) is 4.65. The predicted octanol–water partition coefficient (Wildman–Crippen LogP) is 4.06. The van der Waals surface area contributed by atoms with Gasteiger partial charge in [0.2, 0.25) is 5.95 Å². The van der Waals surface area contributed by atoms with Crippen LogP contribution in [0.5, 0.6) is 0 Å². The molecule has 1 aliphatic heterocycles. The Morgan fingerprint density at radius 2 is 1.91 bits per heavy atom. The molecular formula is C23H23F3N4O3S. The average molecular weight is 493 g/mol. The number of nitrogens with zero attached hydrogens (tertiary/aromatic N) is 3. The quantitative estimate of drug-likeness (QED) is 0.581. The molecule has 4 rings (SSSR count). The minimum absolute atomic E-state index is 0.120. The Morgan fingerprint density at radius 3 is 2.50 bits per heavy atom. The van der Waals surface area contributed by atoms with Gasteiger partial charge in [0.05, 0.1) is 34.3 Å². The maximum absolute atomic E-state index is 13.1. The largest absolute Gasteiger partial charge is 0.416 e. The second kappa shape index (κ2) is 9.13. The van der Waals surface area contributed by atoms with Crippen molar-refractivity contribution in [1.29, 1.82) is 0 Å². The van der Waals surface area contributed by atoms with Crippen molar-refractivity contribution in [1.82, 2.24) is 14.6 Å². The van der Waals surface area contributed by atoms with E-state index in [4.69, 9.17) is 4.84 Å². The molecule has 11 heteroatoms. The number of halogens is 3. The number of aryl methyl sites for hydroxylation is 1. The minimum Gasteiger partial charge on any atom is -0.411 e. The maximum atomic E-state index is 13.1. The monoisotopic (exact) mass is 492 g/mol. The smallest absolute Gasteiger partial charge is 0.411 e. The van der Waals surface area contributed by atoms with Gasteiger partial charge in [-0.15, -0.1) is 16.1 Å². The summed E-state index contributed by atoms with van der Waals surface area (Å²) >= 11 is 1.40. The third-order valence-corrected chi connectivity index (χ3v) is 6.68. The molecule has 0 radical (unpaired) electrons. The molecule has 0 fully saturated rings. The van der Waals surface area contributed by atoms with Gasteiger partial charge < -0.3 is 15.1 Å². The molecule has 1 N–H and O–H groups in total. The Bertz CT molecular complexity index is 1270. The number of thiophene rings is 1. The van der Waals surface area contributed by atoms with E-state index in [1.54, 1.807) is 17.9 Å². The van der Waals surface area contributed by atoms with E-state index in [-0.39, 0.29) is 18.4 Å². The highest BCUT2D eigenvalue weighted by Crippen LogP contribution is 2.30. The molecule has 3 heterocycles. The van der Waals surface area contributed by atoms with Crippen LogP contribution in [0.4, 0.5) is 19.1 Å². The van der Waals surface area contributed by atoms with Gasteiger partial charge in [0.1, 0.15) is 7.11 Å². The van der Waals surface area contributed by atoms with Crippen molar-refractivity contribution in [2.75, 3.05) is 19.0 Å². The molecule has 1 aliphatic rings. The summed E-state index contributed by atoms with van der Waals surface area (Å²) < 4.78 is 39.5. The van der Waals surface area contributed by atoms with Crippen LogP contribution >= 0.6 is 11.3 Å². The van der Waals surface area contributed by atoms with Crippen molar-refractivity contribution < 1.29 is 22.8 Å². The molecule has 0 saturated carbocycles. The van der Waals surface area contributed by atoms with Gasteiger partial charge in [-0.05, 0) is 43.7 Å². The molecule has 1 aromatic carbocycles. The maximum Gasteiger partial charge on any atom is 0.416 e. The molecule has 0 aliphatic carbocycles. The van der Waals surface area contributed by atoms with Crippen molar-refractivity contribution in [3.05, 3.63) is 78.9 Å². The summed E-state index contributed by atoms with van der Waals surface area (Å²) in [4.78, 5) is 39.1. The van der Waals surface area contributed by atoms with Gasteiger partial charge in [-0.1, -0.05) is 12.1 Å². The number of carbonyl (C=O) groups excluding carboxylic acids is 1. The Hall–Kier alpha value is -3.34. The van der Waals surface area contributed by atoms with Crippen LogP contribution in [0.3, 0.4) is 0 Å². The molecule has 1 amide bonds. The summed E-state index contributed by atoms with van der Waals surface area (Å²) in [6, 6.07) is 7.99. The normalized spacial score (nSPS) is 14.5. The molecule has 7 nitrogen and oxygen atoms in total. The number of rotatable bonds is 5. The Balaban J connectivity index is 1.57. The molecule has 2 aromatic heterocycles. The number of benzene rings is 1. The van der Waals surface area contributed by atoms with E-state index in [2.05, 4.69) is 10.3 Å². The van der Waals surface area contributed by atoms with Gasteiger partial charge in [-0.2, -0.15) is 13.2 Å². The first kappa shape index (κ1) is 23.8. The fourth-order valence-corrected chi connectivity index (χ4v) is 4.67. The van der Waals surface area contributed by atoms with E-state index in [0.717, 1.165) is 21.7 Å². The lowest BCUT2D eigenvalue weighted by Crippen LogP contribution is -2.42. The van der Waals surface area contributed by atoms with Crippen molar-refractivity contribution in [2.24, 2.45) is 0 Å². The molecule has 0 bridgehead atoms. The van der Waals surface area contributed by atoms with Crippen LogP contribution in [0.25, 0.3) is 0 Å². The number of nitrogens with one attached hydrogen (secondary N) is 1. The number of carbonyl (C=O) groups is 1. The number of alkyl halides is 3. The molecule has 0 saturated heterocycles.